The Hall–Kier alpha value is -2.20. The Morgan fingerprint density at radius 2 is 2.00 bits per heavy atom. The molecule has 5 heteroatoms. The SMILES string of the molecule is Fc1cc(F)c(NCc2cccc3cnccc23)c(Cl)c1. The van der Waals surface area contributed by atoms with E-state index in [0.29, 0.717) is 6.54 Å². The predicted molar refractivity (Wildman–Crippen MR) is 80.4 cm³/mol. The Morgan fingerprint density at radius 3 is 2.81 bits per heavy atom. The molecule has 0 amide bonds. The van der Waals surface area contributed by atoms with Crippen LogP contribution in [0, 0.1) is 11.6 Å². The Labute approximate surface area is 125 Å². The molecule has 0 bridgehead atoms. The number of nitrogens with zero attached hydrogens (tertiary/aromatic N) is 1. The Bertz CT molecular complexity index is 777. The molecule has 0 saturated heterocycles. The van der Waals surface area contributed by atoms with Gasteiger partial charge in [-0.2, -0.15) is 0 Å². The van der Waals surface area contributed by atoms with Crippen LogP contribution in [-0.4, -0.2) is 4.98 Å². The number of rotatable bonds is 3. The van der Waals surface area contributed by atoms with Crippen LogP contribution >= 0.6 is 11.6 Å². The van der Waals surface area contributed by atoms with Gasteiger partial charge in [0.1, 0.15) is 5.82 Å². The molecule has 3 rings (SSSR count). The van der Waals surface area contributed by atoms with Crippen LogP contribution in [0.2, 0.25) is 5.02 Å². The fourth-order valence-corrected chi connectivity index (χ4v) is 2.50. The van der Waals surface area contributed by atoms with Gasteiger partial charge in [0.15, 0.2) is 5.82 Å². The minimum atomic E-state index is -0.707. The first-order chi connectivity index (χ1) is 10.1. The summed E-state index contributed by atoms with van der Waals surface area (Å²) in [5.41, 5.74) is 1.08. The number of pyridine rings is 1. The van der Waals surface area contributed by atoms with Crippen LogP contribution in [0.3, 0.4) is 0 Å². The third-order valence-electron chi connectivity index (χ3n) is 3.23. The second-order valence-corrected chi connectivity index (χ2v) is 5.02. The molecule has 0 aliphatic carbocycles. The summed E-state index contributed by atoms with van der Waals surface area (Å²) < 4.78 is 26.8. The molecule has 0 fully saturated rings. The van der Waals surface area contributed by atoms with Crippen LogP contribution in [-0.2, 0) is 6.54 Å². The molecule has 0 unspecified atom stereocenters. The largest absolute Gasteiger partial charge is 0.377 e. The maximum atomic E-state index is 13.7. The lowest BCUT2D eigenvalue weighted by Crippen LogP contribution is -2.03. The molecule has 0 radical (unpaired) electrons. The predicted octanol–water partition coefficient (Wildman–Crippen LogP) is 4.78. The van der Waals surface area contributed by atoms with Crippen molar-refractivity contribution < 1.29 is 8.78 Å². The van der Waals surface area contributed by atoms with Crippen LogP contribution in [0.25, 0.3) is 10.8 Å². The third-order valence-corrected chi connectivity index (χ3v) is 3.53. The zero-order valence-electron chi connectivity index (χ0n) is 10.9. The van der Waals surface area contributed by atoms with Crippen molar-refractivity contribution >= 4 is 28.1 Å². The Balaban J connectivity index is 1.91. The van der Waals surface area contributed by atoms with E-state index in [1.807, 2.05) is 24.3 Å². The first-order valence-corrected chi connectivity index (χ1v) is 6.73. The van der Waals surface area contributed by atoms with Crippen molar-refractivity contribution in [2.75, 3.05) is 5.32 Å². The van der Waals surface area contributed by atoms with E-state index in [1.54, 1.807) is 12.4 Å². The average molecular weight is 305 g/mol. The topological polar surface area (TPSA) is 24.9 Å². The van der Waals surface area contributed by atoms with Crippen molar-refractivity contribution in [2.24, 2.45) is 0 Å². The second-order valence-electron chi connectivity index (χ2n) is 4.61. The molecule has 1 N–H and O–H groups in total. The van der Waals surface area contributed by atoms with Gasteiger partial charge in [-0.3, -0.25) is 4.98 Å². The molecule has 0 aliphatic heterocycles. The molecule has 0 saturated carbocycles. The molecule has 1 heterocycles. The van der Waals surface area contributed by atoms with E-state index in [4.69, 9.17) is 11.6 Å². The number of nitrogens with one attached hydrogen (secondary N) is 1. The molecule has 2 nitrogen and oxygen atoms in total. The van der Waals surface area contributed by atoms with E-state index in [0.717, 1.165) is 28.5 Å². The van der Waals surface area contributed by atoms with Crippen LogP contribution in [0.1, 0.15) is 5.56 Å². The zero-order valence-corrected chi connectivity index (χ0v) is 11.7. The minimum absolute atomic E-state index is 0.0226. The molecule has 0 atom stereocenters. The van der Waals surface area contributed by atoms with Gasteiger partial charge in [-0.15, -0.1) is 0 Å². The van der Waals surface area contributed by atoms with Crippen molar-refractivity contribution in [3.05, 3.63) is 71.0 Å². The summed E-state index contributed by atoms with van der Waals surface area (Å²) >= 11 is 5.87. The number of halogens is 3. The van der Waals surface area contributed by atoms with Gasteiger partial charge in [-0.05, 0) is 23.1 Å². The molecule has 2 aromatic carbocycles. The van der Waals surface area contributed by atoms with Crippen LogP contribution in [0.5, 0.6) is 0 Å². The van der Waals surface area contributed by atoms with E-state index >= 15 is 0 Å². The Morgan fingerprint density at radius 1 is 1.14 bits per heavy atom. The van der Waals surface area contributed by atoms with Crippen molar-refractivity contribution in [2.45, 2.75) is 6.54 Å². The van der Waals surface area contributed by atoms with Gasteiger partial charge < -0.3 is 5.32 Å². The van der Waals surface area contributed by atoms with Gasteiger partial charge in [-0.25, -0.2) is 8.78 Å². The number of fused-ring (bicyclic) bond motifs is 1. The summed E-state index contributed by atoms with van der Waals surface area (Å²) in [4.78, 5) is 4.07. The quantitative estimate of drug-likeness (QED) is 0.753. The minimum Gasteiger partial charge on any atom is -0.377 e. The lowest BCUT2D eigenvalue weighted by atomic mass is 10.1. The van der Waals surface area contributed by atoms with E-state index in [1.165, 1.54) is 0 Å². The number of hydrogen-bond acceptors (Lipinski definition) is 2. The van der Waals surface area contributed by atoms with Crippen molar-refractivity contribution in [1.82, 2.24) is 4.98 Å². The second kappa shape index (κ2) is 5.66. The van der Waals surface area contributed by atoms with Gasteiger partial charge in [-0.1, -0.05) is 29.8 Å². The Kier molecular flexibility index (Phi) is 3.71. The highest BCUT2D eigenvalue weighted by Gasteiger charge is 2.10. The van der Waals surface area contributed by atoms with Gasteiger partial charge in [0, 0.05) is 30.4 Å². The monoisotopic (exact) mass is 304 g/mol. The third kappa shape index (κ3) is 2.81. The number of anilines is 1. The first kappa shape index (κ1) is 13.8. The lowest BCUT2D eigenvalue weighted by molar-refractivity contribution is 0.585. The van der Waals surface area contributed by atoms with E-state index in [2.05, 4.69) is 10.3 Å². The average Bonchev–Trinajstić information content (AvgIpc) is 2.46. The van der Waals surface area contributed by atoms with Gasteiger partial charge in [0.25, 0.3) is 0 Å². The zero-order chi connectivity index (χ0) is 14.8. The highest BCUT2D eigenvalue weighted by molar-refractivity contribution is 6.33. The van der Waals surface area contributed by atoms with Gasteiger partial charge in [0.2, 0.25) is 0 Å². The molecule has 3 aromatic rings. The summed E-state index contributed by atoms with van der Waals surface area (Å²) in [6, 6.07) is 9.59. The number of benzene rings is 2. The first-order valence-electron chi connectivity index (χ1n) is 6.35. The summed E-state index contributed by atoms with van der Waals surface area (Å²) in [6.07, 6.45) is 3.47. The van der Waals surface area contributed by atoms with E-state index < -0.39 is 11.6 Å². The summed E-state index contributed by atoms with van der Waals surface area (Å²) in [5.74, 6) is -1.40. The van der Waals surface area contributed by atoms with Crippen LogP contribution in [0.4, 0.5) is 14.5 Å². The maximum absolute atomic E-state index is 13.7. The highest BCUT2D eigenvalue weighted by atomic mass is 35.5. The van der Waals surface area contributed by atoms with E-state index in [9.17, 15) is 8.78 Å². The standard InChI is InChI=1S/C16H11ClF2N2/c17-14-6-12(18)7-15(19)16(14)21-9-11-3-1-2-10-8-20-5-4-13(10)11/h1-8,21H,9H2. The summed E-state index contributed by atoms with van der Waals surface area (Å²) in [6.45, 7) is 0.379. The van der Waals surface area contributed by atoms with E-state index in [-0.39, 0.29) is 10.7 Å². The highest BCUT2D eigenvalue weighted by Crippen LogP contribution is 2.27. The van der Waals surface area contributed by atoms with Crippen molar-refractivity contribution in [3.63, 3.8) is 0 Å². The smallest absolute Gasteiger partial charge is 0.150 e. The molecule has 21 heavy (non-hydrogen) atoms. The van der Waals surface area contributed by atoms with Gasteiger partial charge in [0.05, 0.1) is 10.7 Å². The van der Waals surface area contributed by atoms with Crippen LogP contribution in [0.15, 0.2) is 48.8 Å². The van der Waals surface area contributed by atoms with Crippen LogP contribution < -0.4 is 5.32 Å². The molecular weight excluding hydrogens is 294 g/mol. The number of hydrogen-bond donors (Lipinski definition) is 1. The van der Waals surface area contributed by atoms with Crippen molar-refractivity contribution in [1.29, 1.82) is 0 Å². The normalized spacial score (nSPS) is 10.8. The summed E-state index contributed by atoms with van der Waals surface area (Å²) in [7, 11) is 0. The maximum Gasteiger partial charge on any atom is 0.150 e. The molecular formula is C16H11ClF2N2. The van der Waals surface area contributed by atoms with Gasteiger partial charge >= 0.3 is 0 Å². The molecule has 0 aliphatic rings. The number of aromatic nitrogens is 1. The van der Waals surface area contributed by atoms with Crippen molar-refractivity contribution in [3.8, 4) is 0 Å². The summed E-state index contributed by atoms with van der Waals surface area (Å²) in [5, 5.41) is 4.97. The molecule has 1 aromatic heterocycles. The molecule has 0 spiro atoms. The fraction of sp³-hybridized carbons (Fsp3) is 0.0625. The lowest BCUT2D eigenvalue weighted by Gasteiger charge is -2.11. The fourth-order valence-electron chi connectivity index (χ4n) is 2.24. The molecule has 106 valence electrons.